The summed E-state index contributed by atoms with van der Waals surface area (Å²) >= 11 is 0. The number of amides is 1. The molecule has 1 aliphatic heterocycles. The number of β-amino-alcohol motifs (C(OH)–C–C–N with tert-alkyl or cyclic N) is 1. The second-order valence-corrected chi connectivity index (χ2v) is 14.7. The number of hydrogen-bond acceptors (Lipinski definition) is 8. The number of rotatable bonds is 10. The number of benzene rings is 2. The number of aryl methyl sites for hydroxylation is 1. The van der Waals surface area contributed by atoms with Crippen LogP contribution in [0.1, 0.15) is 66.2 Å². The number of pyridine rings is 1. The van der Waals surface area contributed by atoms with Crippen molar-refractivity contribution in [3.05, 3.63) is 89.4 Å². The molecule has 0 bridgehead atoms. The van der Waals surface area contributed by atoms with Crippen molar-refractivity contribution in [2.75, 3.05) is 45.1 Å². The maximum absolute atomic E-state index is 13.3. The lowest BCUT2D eigenvalue weighted by Gasteiger charge is -2.43. The first-order chi connectivity index (χ1) is 23.7. The van der Waals surface area contributed by atoms with Gasteiger partial charge in [0, 0.05) is 69.3 Å². The number of nitrogens with zero attached hydrogens (tertiary/aromatic N) is 5. The highest BCUT2D eigenvalue weighted by Crippen LogP contribution is 2.49. The number of aromatic nitrogens is 3. The van der Waals surface area contributed by atoms with Crippen molar-refractivity contribution >= 4 is 11.7 Å². The number of ether oxygens (including phenoxy) is 1. The van der Waals surface area contributed by atoms with E-state index in [-0.39, 0.29) is 35.9 Å². The Morgan fingerprint density at radius 3 is 2.51 bits per heavy atom. The Bertz CT molecular complexity index is 1780. The Kier molecular flexibility index (Phi) is 9.57. The predicted molar refractivity (Wildman–Crippen MR) is 192 cm³/mol. The number of anilines is 1. The summed E-state index contributed by atoms with van der Waals surface area (Å²) in [4.78, 5) is 22.6. The van der Waals surface area contributed by atoms with E-state index in [4.69, 9.17) is 10.5 Å². The van der Waals surface area contributed by atoms with Crippen LogP contribution in [-0.2, 0) is 24.8 Å². The molecule has 0 spiro atoms. The first-order valence-corrected chi connectivity index (χ1v) is 17.6. The molecular weight excluding hydrogens is 614 g/mol. The van der Waals surface area contributed by atoms with Gasteiger partial charge in [-0.15, -0.1) is 0 Å². The molecular formula is C39H49N7O3. The van der Waals surface area contributed by atoms with E-state index in [0.717, 1.165) is 75.1 Å². The van der Waals surface area contributed by atoms with E-state index in [9.17, 15) is 9.90 Å². The maximum Gasteiger partial charge on any atom is 0.255 e. The standard InChI is InChI=1S/C39H49N7O3/c1-39(2)21-29-19-28(11-12-32(29)36(39)46-15-13-45(14-16-46)17-18-47)27-9-7-26(8-10-27)25-49-35-6-4-5-34(35)43-38(48)33-20-30(22-41-37(33)40)31-23-42-44(3)24-31/h7-12,19-20,22-24,34-36,47H,4-6,13-18,21,25H2,1-3H3,(H2,40,41)(H,43,48)/t34-,35-,36?/m0/s1. The molecule has 3 atom stereocenters. The minimum Gasteiger partial charge on any atom is -0.395 e. The van der Waals surface area contributed by atoms with Crippen molar-refractivity contribution in [3.63, 3.8) is 0 Å². The van der Waals surface area contributed by atoms with E-state index >= 15 is 0 Å². The number of nitrogens with one attached hydrogen (secondary N) is 1. The van der Waals surface area contributed by atoms with Gasteiger partial charge in [0.25, 0.3) is 5.91 Å². The van der Waals surface area contributed by atoms with Gasteiger partial charge in [-0.1, -0.05) is 56.3 Å². The lowest BCUT2D eigenvalue weighted by molar-refractivity contribution is 0.0272. The SMILES string of the molecule is Cn1cc(-c2cnc(N)c(C(=O)N[C@H]3CCC[C@@H]3OCc3ccc(-c4ccc5c(c4)CC(C)(C)C5N4CCN(CCO)CC4)cc3)c2)cn1. The van der Waals surface area contributed by atoms with Crippen LogP contribution in [0.25, 0.3) is 22.3 Å². The molecule has 7 rings (SSSR count). The van der Waals surface area contributed by atoms with Crippen LogP contribution in [0.5, 0.6) is 0 Å². The Balaban J connectivity index is 0.963. The third kappa shape index (κ3) is 7.14. The van der Waals surface area contributed by atoms with Gasteiger partial charge in [-0.05, 0) is 65.0 Å². The van der Waals surface area contributed by atoms with Gasteiger partial charge in [0.05, 0.1) is 37.1 Å². The maximum atomic E-state index is 13.3. The van der Waals surface area contributed by atoms with Crippen molar-refractivity contribution in [1.29, 1.82) is 0 Å². The lowest BCUT2D eigenvalue weighted by Crippen LogP contribution is -2.50. The summed E-state index contributed by atoms with van der Waals surface area (Å²) < 4.78 is 8.11. The fourth-order valence-electron chi connectivity index (χ4n) is 8.21. The number of aliphatic hydroxyl groups is 1. The Morgan fingerprint density at radius 2 is 1.78 bits per heavy atom. The van der Waals surface area contributed by atoms with Crippen LogP contribution in [0, 0.1) is 5.41 Å². The fraction of sp³-hybridized carbons (Fsp3) is 0.462. The topological polar surface area (TPSA) is 122 Å². The molecule has 2 fully saturated rings. The normalized spacial score (nSPS) is 22.3. The van der Waals surface area contributed by atoms with Crippen LogP contribution >= 0.6 is 0 Å². The third-order valence-electron chi connectivity index (χ3n) is 10.7. The molecule has 10 nitrogen and oxygen atoms in total. The van der Waals surface area contributed by atoms with Crippen LogP contribution in [0.4, 0.5) is 5.82 Å². The highest BCUT2D eigenvalue weighted by Gasteiger charge is 2.43. The number of piperazine rings is 1. The molecule has 49 heavy (non-hydrogen) atoms. The summed E-state index contributed by atoms with van der Waals surface area (Å²) in [6.45, 7) is 10.4. The number of hydrogen-bond donors (Lipinski definition) is 3. The molecule has 1 unspecified atom stereocenters. The van der Waals surface area contributed by atoms with Gasteiger partial charge in [-0.25, -0.2) is 4.98 Å². The molecule has 1 saturated heterocycles. The van der Waals surface area contributed by atoms with Crippen molar-refractivity contribution in [3.8, 4) is 22.3 Å². The summed E-state index contributed by atoms with van der Waals surface area (Å²) in [5, 5.41) is 16.7. The average molecular weight is 664 g/mol. The largest absolute Gasteiger partial charge is 0.395 e. The fourth-order valence-corrected chi connectivity index (χ4v) is 8.21. The van der Waals surface area contributed by atoms with Gasteiger partial charge < -0.3 is 20.9 Å². The van der Waals surface area contributed by atoms with Crippen LogP contribution in [0.2, 0.25) is 0 Å². The first-order valence-electron chi connectivity index (χ1n) is 17.6. The highest BCUT2D eigenvalue weighted by atomic mass is 16.5. The third-order valence-corrected chi connectivity index (χ3v) is 10.7. The van der Waals surface area contributed by atoms with E-state index < -0.39 is 0 Å². The summed E-state index contributed by atoms with van der Waals surface area (Å²) in [5.74, 6) is -0.0220. The molecule has 258 valence electrons. The van der Waals surface area contributed by atoms with E-state index in [1.807, 2.05) is 13.2 Å². The summed E-state index contributed by atoms with van der Waals surface area (Å²) in [5.41, 5.74) is 14.8. The Labute approximate surface area is 289 Å². The molecule has 4 N–H and O–H groups in total. The number of carbonyl (C=O) groups excluding carboxylic acids is 1. The predicted octanol–water partition coefficient (Wildman–Crippen LogP) is 4.83. The quantitative estimate of drug-likeness (QED) is 0.221. The Morgan fingerprint density at radius 1 is 1.00 bits per heavy atom. The van der Waals surface area contributed by atoms with Gasteiger partial charge in [0.2, 0.25) is 0 Å². The van der Waals surface area contributed by atoms with Crippen molar-refractivity contribution in [2.24, 2.45) is 12.5 Å². The molecule has 3 heterocycles. The Hall–Kier alpha value is -4.09. The van der Waals surface area contributed by atoms with Gasteiger partial charge in [0.15, 0.2) is 0 Å². The zero-order valence-corrected chi connectivity index (χ0v) is 28.9. The van der Waals surface area contributed by atoms with Gasteiger partial charge in [-0.2, -0.15) is 5.10 Å². The van der Waals surface area contributed by atoms with Crippen LogP contribution in [-0.4, -0.2) is 87.1 Å². The first kappa shape index (κ1) is 33.4. The van der Waals surface area contributed by atoms with E-state index in [1.165, 1.54) is 22.3 Å². The number of nitrogens with two attached hydrogens (primary N) is 1. The van der Waals surface area contributed by atoms with Crippen LogP contribution < -0.4 is 11.1 Å². The van der Waals surface area contributed by atoms with Crippen molar-refractivity contribution in [2.45, 2.75) is 64.3 Å². The number of nitrogen functional groups attached to an aromatic ring is 1. The molecule has 3 aliphatic rings. The van der Waals surface area contributed by atoms with Gasteiger partial charge in [-0.3, -0.25) is 19.3 Å². The van der Waals surface area contributed by atoms with E-state index in [1.54, 1.807) is 23.1 Å². The van der Waals surface area contributed by atoms with Crippen molar-refractivity contribution < 1.29 is 14.6 Å². The minimum atomic E-state index is -0.231. The molecule has 2 aromatic heterocycles. The highest BCUT2D eigenvalue weighted by molar-refractivity contribution is 5.99. The molecule has 2 aliphatic carbocycles. The number of aliphatic hydroxyl groups excluding tert-OH is 1. The number of fused-ring (bicyclic) bond motifs is 1. The molecule has 2 aromatic carbocycles. The van der Waals surface area contributed by atoms with E-state index in [0.29, 0.717) is 18.2 Å². The zero-order valence-electron chi connectivity index (χ0n) is 28.9. The molecule has 1 amide bonds. The number of carbonyl (C=O) groups is 1. The monoisotopic (exact) mass is 663 g/mol. The summed E-state index contributed by atoms with van der Waals surface area (Å²) in [7, 11) is 1.85. The average Bonchev–Trinajstić information content (AvgIpc) is 3.80. The van der Waals surface area contributed by atoms with Gasteiger partial charge in [0.1, 0.15) is 5.82 Å². The second-order valence-electron chi connectivity index (χ2n) is 14.7. The molecule has 1 saturated carbocycles. The molecule has 0 radical (unpaired) electrons. The van der Waals surface area contributed by atoms with Crippen molar-refractivity contribution in [1.82, 2.24) is 29.9 Å². The zero-order chi connectivity index (χ0) is 34.1. The summed E-state index contributed by atoms with van der Waals surface area (Å²) in [6, 6.07) is 17.8. The van der Waals surface area contributed by atoms with E-state index in [2.05, 4.69) is 81.5 Å². The second kappa shape index (κ2) is 14.0. The van der Waals surface area contributed by atoms with Crippen LogP contribution in [0.3, 0.4) is 0 Å². The molecule has 4 aromatic rings. The molecule has 10 heteroatoms. The summed E-state index contributed by atoms with van der Waals surface area (Å²) in [6.07, 6.45) is 9.06. The smallest absolute Gasteiger partial charge is 0.255 e. The van der Waals surface area contributed by atoms with Crippen LogP contribution in [0.15, 0.2) is 67.1 Å². The minimum absolute atomic E-state index is 0.0648. The van der Waals surface area contributed by atoms with Gasteiger partial charge >= 0.3 is 0 Å². The lowest BCUT2D eigenvalue weighted by atomic mass is 9.84.